The van der Waals surface area contributed by atoms with Crippen molar-refractivity contribution in [3.63, 3.8) is 0 Å². The Morgan fingerprint density at radius 3 is 2.52 bits per heavy atom. The summed E-state index contributed by atoms with van der Waals surface area (Å²) in [6.45, 7) is 13.9. The van der Waals surface area contributed by atoms with Crippen LogP contribution in [-0.4, -0.2) is 28.7 Å². The highest BCUT2D eigenvalue weighted by molar-refractivity contribution is 6.31. The van der Waals surface area contributed by atoms with Gasteiger partial charge in [0.2, 0.25) is 0 Å². The van der Waals surface area contributed by atoms with Gasteiger partial charge in [0, 0.05) is 53.3 Å². The fourth-order valence-electron chi connectivity index (χ4n) is 4.44. The fourth-order valence-corrected chi connectivity index (χ4v) is 4.72. The van der Waals surface area contributed by atoms with Crippen LogP contribution in [0.2, 0.25) is 10.0 Å². The minimum Gasteiger partial charge on any atom is -0.371 e. The van der Waals surface area contributed by atoms with E-state index >= 15 is 0 Å². The lowest BCUT2D eigenvalue weighted by molar-refractivity contribution is 0.174. The molecule has 2 aromatic rings. The van der Waals surface area contributed by atoms with Crippen LogP contribution in [-0.2, 0) is 6.42 Å². The van der Waals surface area contributed by atoms with Gasteiger partial charge in [0.15, 0.2) is 5.82 Å². The number of benzene rings is 1. The molecule has 3 nitrogen and oxygen atoms in total. The van der Waals surface area contributed by atoms with Gasteiger partial charge in [0.25, 0.3) is 0 Å². The average Bonchev–Trinajstić information content (AvgIpc) is 2.81. The predicted octanol–water partition coefficient (Wildman–Crippen LogP) is 7.91. The number of aromatic nitrogens is 1. The molecule has 1 aromatic carbocycles. The van der Waals surface area contributed by atoms with Crippen molar-refractivity contribution >= 4 is 34.6 Å². The lowest BCUT2D eigenvalue weighted by Crippen LogP contribution is -2.41. The number of piperidine rings is 1. The zero-order chi connectivity index (χ0) is 24.2. The van der Waals surface area contributed by atoms with E-state index in [-0.39, 0.29) is 10.4 Å². The summed E-state index contributed by atoms with van der Waals surface area (Å²) < 4.78 is 14.6. The van der Waals surface area contributed by atoms with Crippen LogP contribution in [0.4, 0.5) is 4.39 Å². The summed E-state index contributed by atoms with van der Waals surface area (Å²) in [6.07, 6.45) is 5.53. The number of nitrogens with zero attached hydrogens (tertiary/aromatic N) is 3. The van der Waals surface area contributed by atoms with Gasteiger partial charge in [-0.3, -0.25) is 9.98 Å². The second-order valence-corrected chi connectivity index (χ2v) is 9.55. The average molecular weight is 488 g/mol. The van der Waals surface area contributed by atoms with Crippen molar-refractivity contribution < 1.29 is 4.39 Å². The van der Waals surface area contributed by atoms with Crippen molar-refractivity contribution in [2.24, 2.45) is 10.4 Å². The van der Waals surface area contributed by atoms with Crippen LogP contribution in [0.15, 0.2) is 53.7 Å². The van der Waals surface area contributed by atoms with E-state index in [9.17, 15) is 4.39 Å². The van der Waals surface area contributed by atoms with E-state index < -0.39 is 5.82 Å². The van der Waals surface area contributed by atoms with Gasteiger partial charge < -0.3 is 4.90 Å². The van der Waals surface area contributed by atoms with Crippen molar-refractivity contribution in [2.45, 2.75) is 53.4 Å². The van der Waals surface area contributed by atoms with Crippen LogP contribution in [0.5, 0.6) is 0 Å². The number of likely N-dealkylation sites (tertiary alicyclic amines) is 1. The Labute approximate surface area is 207 Å². The molecule has 0 bridgehead atoms. The Kier molecular flexibility index (Phi) is 8.36. The van der Waals surface area contributed by atoms with E-state index in [4.69, 9.17) is 33.2 Å². The first-order valence-corrected chi connectivity index (χ1v) is 12.2. The van der Waals surface area contributed by atoms with Crippen molar-refractivity contribution in [1.29, 1.82) is 0 Å². The van der Waals surface area contributed by atoms with Gasteiger partial charge in [-0.05, 0) is 64.3 Å². The molecule has 0 spiro atoms. The van der Waals surface area contributed by atoms with E-state index in [2.05, 4.69) is 38.3 Å². The first kappa shape index (κ1) is 25.5. The third kappa shape index (κ3) is 5.67. The molecule has 0 N–H and O–H groups in total. The maximum absolute atomic E-state index is 14.6. The Bertz CT molecular complexity index is 1080. The van der Waals surface area contributed by atoms with Crippen LogP contribution in [0.25, 0.3) is 5.70 Å². The highest BCUT2D eigenvalue weighted by atomic mass is 35.5. The Morgan fingerprint density at radius 2 is 1.91 bits per heavy atom. The Morgan fingerprint density at radius 1 is 1.21 bits per heavy atom. The van der Waals surface area contributed by atoms with Crippen LogP contribution in [0.1, 0.15) is 57.0 Å². The zero-order valence-corrected chi connectivity index (χ0v) is 21.4. The van der Waals surface area contributed by atoms with Crippen molar-refractivity contribution in [3.8, 4) is 0 Å². The molecule has 0 unspecified atom stereocenters. The molecule has 6 heteroatoms. The zero-order valence-electron chi connectivity index (χ0n) is 19.9. The van der Waals surface area contributed by atoms with Crippen LogP contribution >= 0.6 is 23.2 Å². The quantitative estimate of drug-likeness (QED) is 0.371. The summed E-state index contributed by atoms with van der Waals surface area (Å²) in [5, 5.41) is 0.790. The number of pyridine rings is 1. The second kappa shape index (κ2) is 10.8. The van der Waals surface area contributed by atoms with Crippen LogP contribution < -0.4 is 0 Å². The predicted molar refractivity (Wildman–Crippen MR) is 139 cm³/mol. The molecule has 1 aromatic heterocycles. The summed E-state index contributed by atoms with van der Waals surface area (Å²) in [7, 11) is 0. The van der Waals surface area contributed by atoms with Crippen molar-refractivity contribution in [1.82, 2.24) is 9.88 Å². The minimum atomic E-state index is -0.417. The highest BCUT2D eigenvalue weighted by Gasteiger charge is 2.39. The third-order valence-corrected chi connectivity index (χ3v) is 7.29. The molecule has 0 aliphatic carbocycles. The molecule has 1 saturated heterocycles. The molecule has 1 aliphatic heterocycles. The number of hydrogen-bond donors (Lipinski definition) is 0. The molecule has 0 amide bonds. The number of rotatable bonds is 7. The molecule has 3 rings (SSSR count). The SMILES string of the molecule is C=C(c1cccc(Cl)c1F)N1CCC(Cc2ccc(Cl)c(C)n2)(/C(=C\C)N=C(C)CC)CC1. The topological polar surface area (TPSA) is 28.5 Å². The standard InChI is InChI=1S/C27H32Cl2FN3/c1-6-18(3)31-25(7-2)27(17-21-11-12-23(28)19(4)32-21)13-15-33(16-14-27)20(5)22-9-8-10-24(29)26(22)30/h7-12H,5-6,13-17H2,1-4H3/b25-7+,31-18?. The van der Waals surface area contributed by atoms with Gasteiger partial charge in [0.05, 0.1) is 15.7 Å². The van der Waals surface area contributed by atoms with Gasteiger partial charge >= 0.3 is 0 Å². The van der Waals surface area contributed by atoms with E-state index in [0.29, 0.717) is 16.3 Å². The normalized spacial score (nSPS) is 16.8. The first-order chi connectivity index (χ1) is 15.7. The lowest BCUT2D eigenvalue weighted by atomic mass is 9.71. The summed E-state index contributed by atoms with van der Waals surface area (Å²) in [6, 6.07) is 8.98. The molecule has 0 atom stereocenters. The molecular formula is C27H32Cl2FN3. The Balaban J connectivity index is 1.90. The lowest BCUT2D eigenvalue weighted by Gasteiger charge is -2.44. The molecule has 1 aliphatic rings. The third-order valence-electron chi connectivity index (χ3n) is 6.60. The first-order valence-electron chi connectivity index (χ1n) is 11.4. The highest BCUT2D eigenvalue weighted by Crippen LogP contribution is 2.44. The largest absolute Gasteiger partial charge is 0.371 e. The van der Waals surface area contributed by atoms with Crippen molar-refractivity contribution in [2.75, 3.05) is 13.1 Å². The van der Waals surface area contributed by atoms with Gasteiger partial charge in [-0.15, -0.1) is 0 Å². The summed E-state index contributed by atoms with van der Waals surface area (Å²) in [4.78, 5) is 11.9. The van der Waals surface area contributed by atoms with E-state index in [1.807, 2.05) is 19.1 Å². The van der Waals surface area contributed by atoms with Gasteiger partial charge in [-0.2, -0.15) is 0 Å². The monoisotopic (exact) mass is 487 g/mol. The molecule has 33 heavy (non-hydrogen) atoms. The maximum Gasteiger partial charge on any atom is 0.151 e. The number of halogens is 3. The fraction of sp³-hybridized carbons (Fsp3) is 0.407. The number of allylic oxidation sites excluding steroid dienone is 2. The van der Waals surface area contributed by atoms with E-state index in [1.54, 1.807) is 18.2 Å². The number of aliphatic imine (C=N–C) groups is 1. The molecule has 0 radical (unpaired) electrons. The van der Waals surface area contributed by atoms with Gasteiger partial charge in [0.1, 0.15) is 0 Å². The van der Waals surface area contributed by atoms with Crippen LogP contribution in [0, 0.1) is 18.2 Å². The number of hydrogen-bond acceptors (Lipinski definition) is 3. The Hall–Kier alpha value is -2.17. The molecule has 176 valence electrons. The maximum atomic E-state index is 14.6. The van der Waals surface area contributed by atoms with E-state index in [0.717, 1.165) is 61.6 Å². The number of aryl methyl sites for hydroxylation is 1. The molecule has 2 heterocycles. The summed E-state index contributed by atoms with van der Waals surface area (Å²) >= 11 is 12.2. The smallest absolute Gasteiger partial charge is 0.151 e. The minimum absolute atomic E-state index is 0.116. The van der Waals surface area contributed by atoms with Crippen LogP contribution in [0.3, 0.4) is 0 Å². The molecule has 1 fully saturated rings. The second-order valence-electron chi connectivity index (χ2n) is 8.74. The van der Waals surface area contributed by atoms with E-state index in [1.165, 1.54) is 0 Å². The molecule has 0 saturated carbocycles. The van der Waals surface area contributed by atoms with Crippen molar-refractivity contribution in [3.05, 3.63) is 81.5 Å². The molecular weight excluding hydrogens is 456 g/mol. The van der Waals surface area contributed by atoms with Gasteiger partial charge in [-0.1, -0.05) is 48.8 Å². The van der Waals surface area contributed by atoms with Gasteiger partial charge in [-0.25, -0.2) is 4.39 Å². The summed E-state index contributed by atoms with van der Waals surface area (Å²) in [5.74, 6) is -0.417. The summed E-state index contributed by atoms with van der Waals surface area (Å²) in [5.41, 5.74) is 5.00.